The Balaban J connectivity index is 1.97. The largest absolute Gasteiger partial charge is 0.481 e. The van der Waals surface area contributed by atoms with Gasteiger partial charge in [-0.05, 0) is 18.4 Å². The second kappa shape index (κ2) is 7.20. The summed E-state index contributed by atoms with van der Waals surface area (Å²) in [6, 6.07) is 6.10. The van der Waals surface area contributed by atoms with Crippen molar-refractivity contribution in [2.75, 3.05) is 13.1 Å². The maximum absolute atomic E-state index is 13.2. The van der Waals surface area contributed by atoms with Gasteiger partial charge in [0.15, 0.2) is 0 Å². The Morgan fingerprint density at radius 1 is 1.18 bits per heavy atom. The minimum atomic E-state index is -2.72. The maximum atomic E-state index is 13.2. The van der Waals surface area contributed by atoms with Crippen LogP contribution < -0.4 is 5.32 Å². The maximum Gasteiger partial charge on any atom is 0.318 e. The zero-order valence-corrected chi connectivity index (χ0v) is 11.9. The zero-order valence-electron chi connectivity index (χ0n) is 11.9. The van der Waals surface area contributed by atoms with Gasteiger partial charge in [0.05, 0.1) is 5.92 Å². The molecule has 0 spiro atoms. The lowest BCUT2D eigenvalue weighted by Crippen LogP contribution is -2.47. The number of carboxylic acid groups (broad SMARTS) is 1. The molecule has 1 saturated heterocycles. The van der Waals surface area contributed by atoms with Crippen LogP contribution in [0.4, 0.5) is 13.6 Å². The molecule has 0 saturated carbocycles. The van der Waals surface area contributed by atoms with Crippen LogP contribution in [-0.2, 0) is 4.79 Å². The van der Waals surface area contributed by atoms with E-state index in [0.29, 0.717) is 18.4 Å². The molecule has 1 aliphatic heterocycles. The molecule has 1 aliphatic rings. The number of rotatable bonds is 4. The second-order valence-electron chi connectivity index (χ2n) is 5.27. The molecule has 1 heterocycles. The molecule has 2 amide bonds. The molecule has 1 aromatic rings. The van der Waals surface area contributed by atoms with Crippen molar-refractivity contribution < 1.29 is 23.5 Å². The quantitative estimate of drug-likeness (QED) is 0.897. The molecule has 0 bridgehead atoms. The molecule has 7 heteroatoms. The Morgan fingerprint density at radius 2 is 1.77 bits per heavy atom. The van der Waals surface area contributed by atoms with E-state index in [1.54, 1.807) is 18.2 Å². The van der Waals surface area contributed by atoms with Gasteiger partial charge in [0, 0.05) is 13.1 Å². The monoisotopic (exact) mass is 312 g/mol. The molecule has 5 nitrogen and oxygen atoms in total. The highest BCUT2D eigenvalue weighted by Gasteiger charge is 2.30. The van der Waals surface area contributed by atoms with E-state index in [2.05, 4.69) is 5.32 Å². The third-order valence-corrected chi connectivity index (χ3v) is 3.82. The molecule has 1 fully saturated rings. The lowest BCUT2D eigenvalue weighted by Gasteiger charge is -2.31. The first kappa shape index (κ1) is 16.2. The van der Waals surface area contributed by atoms with Crippen LogP contribution in [0.3, 0.4) is 0 Å². The Hall–Kier alpha value is -2.18. The van der Waals surface area contributed by atoms with Crippen molar-refractivity contribution in [3.8, 4) is 0 Å². The summed E-state index contributed by atoms with van der Waals surface area (Å²) in [7, 11) is 0. The predicted molar refractivity (Wildman–Crippen MR) is 75.7 cm³/mol. The van der Waals surface area contributed by atoms with Crippen LogP contribution in [0.2, 0.25) is 0 Å². The third-order valence-electron chi connectivity index (χ3n) is 3.82. The number of urea groups is 1. The van der Waals surface area contributed by atoms with E-state index < -0.39 is 30.4 Å². The van der Waals surface area contributed by atoms with Gasteiger partial charge in [-0.25, -0.2) is 13.6 Å². The summed E-state index contributed by atoms with van der Waals surface area (Å²) in [5.74, 6) is -1.35. The van der Waals surface area contributed by atoms with E-state index in [9.17, 15) is 18.4 Å². The average molecular weight is 312 g/mol. The standard InChI is InChI=1S/C15H18F2N2O3/c16-13(17)12(10-4-2-1-3-5-10)18-15(22)19-8-6-11(7-9-19)14(20)21/h1-5,11-13H,6-9H2,(H,18,22)(H,20,21). The number of benzene rings is 1. The number of nitrogens with one attached hydrogen (secondary N) is 1. The van der Waals surface area contributed by atoms with E-state index in [1.165, 1.54) is 17.0 Å². The highest BCUT2D eigenvalue weighted by atomic mass is 19.3. The van der Waals surface area contributed by atoms with Crippen LogP contribution >= 0.6 is 0 Å². The lowest BCUT2D eigenvalue weighted by molar-refractivity contribution is -0.143. The zero-order chi connectivity index (χ0) is 16.1. The number of aliphatic carboxylic acids is 1. The number of carbonyl (C=O) groups excluding carboxylic acids is 1. The first-order valence-electron chi connectivity index (χ1n) is 7.10. The second-order valence-corrected chi connectivity index (χ2v) is 5.27. The number of carbonyl (C=O) groups is 2. The Morgan fingerprint density at radius 3 is 2.27 bits per heavy atom. The van der Waals surface area contributed by atoms with Crippen LogP contribution in [-0.4, -0.2) is 41.5 Å². The smallest absolute Gasteiger partial charge is 0.318 e. The SMILES string of the molecule is O=C(O)C1CCN(C(=O)NC(c2ccccc2)C(F)F)CC1. The van der Waals surface area contributed by atoms with Crippen molar-refractivity contribution in [2.24, 2.45) is 5.92 Å². The number of nitrogens with zero attached hydrogens (tertiary/aromatic N) is 1. The fourth-order valence-electron chi connectivity index (χ4n) is 2.51. The molecule has 22 heavy (non-hydrogen) atoms. The molecular weight excluding hydrogens is 294 g/mol. The first-order valence-corrected chi connectivity index (χ1v) is 7.10. The third kappa shape index (κ3) is 3.93. The van der Waals surface area contributed by atoms with E-state index in [4.69, 9.17) is 5.11 Å². The Kier molecular flexibility index (Phi) is 5.30. The van der Waals surface area contributed by atoms with Gasteiger partial charge in [-0.1, -0.05) is 30.3 Å². The molecule has 120 valence electrons. The average Bonchev–Trinajstić information content (AvgIpc) is 2.53. The number of alkyl halides is 2. The van der Waals surface area contributed by atoms with Crippen molar-refractivity contribution in [2.45, 2.75) is 25.3 Å². The summed E-state index contributed by atoms with van der Waals surface area (Å²) < 4.78 is 26.3. The van der Waals surface area contributed by atoms with E-state index in [1.807, 2.05) is 0 Å². The minimum Gasteiger partial charge on any atom is -0.481 e. The summed E-state index contributed by atoms with van der Waals surface area (Å²) >= 11 is 0. The minimum absolute atomic E-state index is 0.257. The van der Waals surface area contributed by atoms with Crippen molar-refractivity contribution in [1.82, 2.24) is 10.2 Å². The van der Waals surface area contributed by atoms with Crippen LogP contribution in [0.5, 0.6) is 0 Å². The van der Waals surface area contributed by atoms with E-state index in [0.717, 1.165) is 0 Å². The highest BCUT2D eigenvalue weighted by molar-refractivity contribution is 5.76. The van der Waals surface area contributed by atoms with E-state index in [-0.39, 0.29) is 13.1 Å². The first-order chi connectivity index (χ1) is 10.5. The van der Waals surface area contributed by atoms with Gasteiger partial charge in [0.1, 0.15) is 6.04 Å². The summed E-state index contributed by atoms with van der Waals surface area (Å²) in [4.78, 5) is 24.3. The molecule has 1 aromatic carbocycles. The molecule has 0 aliphatic carbocycles. The van der Waals surface area contributed by atoms with E-state index >= 15 is 0 Å². The number of likely N-dealkylation sites (tertiary alicyclic amines) is 1. The number of halogens is 2. The molecule has 0 radical (unpaired) electrons. The molecule has 0 aromatic heterocycles. The fourth-order valence-corrected chi connectivity index (χ4v) is 2.51. The lowest BCUT2D eigenvalue weighted by atomic mass is 9.97. The number of hydrogen-bond donors (Lipinski definition) is 2. The van der Waals surface area contributed by atoms with Gasteiger partial charge in [-0.2, -0.15) is 0 Å². The van der Waals surface area contributed by atoms with Crippen LogP contribution in [0.25, 0.3) is 0 Å². The highest BCUT2D eigenvalue weighted by Crippen LogP contribution is 2.22. The number of piperidine rings is 1. The fraction of sp³-hybridized carbons (Fsp3) is 0.467. The topological polar surface area (TPSA) is 69.6 Å². The number of amides is 2. The Bertz CT molecular complexity index is 517. The molecule has 1 atom stereocenters. The summed E-state index contributed by atoms with van der Waals surface area (Å²) in [6.07, 6.45) is -2.04. The Labute approximate surface area is 126 Å². The number of hydrogen-bond acceptors (Lipinski definition) is 2. The van der Waals surface area contributed by atoms with Crippen molar-refractivity contribution >= 4 is 12.0 Å². The van der Waals surface area contributed by atoms with Crippen LogP contribution in [0.1, 0.15) is 24.4 Å². The normalized spacial score (nSPS) is 17.3. The van der Waals surface area contributed by atoms with Gasteiger partial charge in [0.2, 0.25) is 0 Å². The molecule has 2 N–H and O–H groups in total. The molecule has 1 unspecified atom stereocenters. The van der Waals surface area contributed by atoms with Crippen molar-refractivity contribution in [3.05, 3.63) is 35.9 Å². The van der Waals surface area contributed by atoms with Gasteiger partial charge in [-0.3, -0.25) is 4.79 Å². The predicted octanol–water partition coefficient (Wildman–Crippen LogP) is 2.50. The molecular formula is C15H18F2N2O3. The van der Waals surface area contributed by atoms with Crippen molar-refractivity contribution in [3.63, 3.8) is 0 Å². The summed E-state index contributed by atoms with van der Waals surface area (Å²) in [5, 5.41) is 11.2. The summed E-state index contributed by atoms with van der Waals surface area (Å²) in [6.45, 7) is 0.515. The number of carboxylic acids is 1. The van der Waals surface area contributed by atoms with Crippen LogP contribution in [0, 0.1) is 5.92 Å². The van der Waals surface area contributed by atoms with Crippen LogP contribution in [0.15, 0.2) is 30.3 Å². The van der Waals surface area contributed by atoms with Gasteiger partial charge < -0.3 is 15.3 Å². The van der Waals surface area contributed by atoms with Gasteiger partial charge in [-0.15, -0.1) is 0 Å². The summed E-state index contributed by atoms with van der Waals surface area (Å²) in [5.41, 5.74) is 0.339. The van der Waals surface area contributed by atoms with Gasteiger partial charge in [0.25, 0.3) is 6.43 Å². The van der Waals surface area contributed by atoms with Gasteiger partial charge >= 0.3 is 12.0 Å². The molecule has 2 rings (SSSR count). The van der Waals surface area contributed by atoms with Crippen molar-refractivity contribution in [1.29, 1.82) is 0 Å².